The summed E-state index contributed by atoms with van der Waals surface area (Å²) in [5.41, 5.74) is 2.56. The number of fused-ring (bicyclic) bond motifs is 1. The number of aromatic nitrogens is 2. The van der Waals surface area contributed by atoms with Crippen molar-refractivity contribution < 1.29 is 4.79 Å². The van der Waals surface area contributed by atoms with E-state index in [1.807, 2.05) is 26.4 Å². The highest BCUT2D eigenvalue weighted by molar-refractivity contribution is 6.36. The van der Waals surface area contributed by atoms with Gasteiger partial charge in [-0.15, -0.1) is 0 Å². The fourth-order valence-corrected chi connectivity index (χ4v) is 3.30. The highest BCUT2D eigenvalue weighted by Gasteiger charge is 2.16. The predicted octanol–water partition coefficient (Wildman–Crippen LogP) is 3.77. The van der Waals surface area contributed by atoms with Crippen molar-refractivity contribution in [1.29, 1.82) is 0 Å². The molecular formula is C19H20Cl2N4O. The van der Waals surface area contributed by atoms with Crippen molar-refractivity contribution in [1.82, 2.24) is 20.4 Å². The Morgan fingerprint density at radius 3 is 2.77 bits per heavy atom. The molecule has 0 radical (unpaired) electrons. The van der Waals surface area contributed by atoms with Gasteiger partial charge in [-0.05, 0) is 56.4 Å². The Kier molecular flexibility index (Phi) is 5.81. The van der Waals surface area contributed by atoms with E-state index in [2.05, 4.69) is 32.5 Å². The number of H-pyrrole nitrogens is 1. The van der Waals surface area contributed by atoms with Crippen LogP contribution in [0.15, 0.2) is 42.6 Å². The topological polar surface area (TPSA) is 61.0 Å². The van der Waals surface area contributed by atoms with Gasteiger partial charge < -0.3 is 10.2 Å². The Labute approximate surface area is 162 Å². The van der Waals surface area contributed by atoms with Gasteiger partial charge in [0.15, 0.2) is 0 Å². The number of amides is 1. The Morgan fingerprint density at radius 1 is 1.23 bits per heavy atom. The first-order valence-electron chi connectivity index (χ1n) is 8.26. The van der Waals surface area contributed by atoms with Crippen LogP contribution in [0.3, 0.4) is 0 Å². The van der Waals surface area contributed by atoms with Gasteiger partial charge in [0.1, 0.15) is 0 Å². The maximum atomic E-state index is 12.4. The molecule has 3 aromatic rings. The number of nitrogens with zero attached hydrogens (tertiary/aromatic N) is 2. The third kappa shape index (κ3) is 4.36. The molecule has 2 aromatic carbocycles. The van der Waals surface area contributed by atoms with E-state index in [4.69, 9.17) is 23.2 Å². The molecule has 1 aromatic heterocycles. The first-order valence-corrected chi connectivity index (χ1v) is 9.01. The summed E-state index contributed by atoms with van der Waals surface area (Å²) in [4.78, 5) is 14.5. The molecule has 0 spiro atoms. The third-order valence-corrected chi connectivity index (χ3v) is 4.92. The summed E-state index contributed by atoms with van der Waals surface area (Å²) in [6.07, 6.45) is 2.69. The van der Waals surface area contributed by atoms with Gasteiger partial charge >= 0.3 is 0 Å². The minimum atomic E-state index is -0.205. The van der Waals surface area contributed by atoms with Gasteiger partial charge in [0.05, 0.1) is 16.1 Å². The summed E-state index contributed by atoms with van der Waals surface area (Å²) in [6.45, 7) is 0.508. The molecule has 0 bridgehead atoms. The van der Waals surface area contributed by atoms with Crippen molar-refractivity contribution in [2.75, 3.05) is 20.6 Å². The van der Waals surface area contributed by atoms with Crippen molar-refractivity contribution in [3.05, 3.63) is 63.8 Å². The molecule has 26 heavy (non-hydrogen) atoms. The number of rotatable bonds is 6. The zero-order valence-electron chi connectivity index (χ0n) is 14.6. The van der Waals surface area contributed by atoms with Crippen LogP contribution >= 0.6 is 23.2 Å². The predicted molar refractivity (Wildman–Crippen MR) is 106 cm³/mol. The largest absolute Gasteiger partial charge is 0.350 e. The van der Waals surface area contributed by atoms with Crippen LogP contribution < -0.4 is 5.32 Å². The minimum absolute atomic E-state index is 0.148. The lowest BCUT2D eigenvalue weighted by atomic mass is 10.0. The van der Waals surface area contributed by atoms with Crippen LogP contribution in [-0.2, 0) is 6.42 Å². The first-order chi connectivity index (χ1) is 12.4. The zero-order valence-corrected chi connectivity index (χ0v) is 16.1. The van der Waals surface area contributed by atoms with Gasteiger partial charge in [0, 0.05) is 29.2 Å². The van der Waals surface area contributed by atoms with Crippen molar-refractivity contribution in [3.8, 4) is 0 Å². The van der Waals surface area contributed by atoms with Crippen LogP contribution in [0.25, 0.3) is 10.9 Å². The molecule has 0 fully saturated rings. The highest BCUT2D eigenvalue weighted by atomic mass is 35.5. The van der Waals surface area contributed by atoms with E-state index < -0.39 is 0 Å². The van der Waals surface area contributed by atoms with E-state index in [9.17, 15) is 4.79 Å². The molecular weight excluding hydrogens is 371 g/mol. The molecule has 0 unspecified atom stereocenters. The molecule has 1 amide bonds. The summed E-state index contributed by atoms with van der Waals surface area (Å²) in [5, 5.41) is 11.9. The number of carbonyl (C=O) groups excluding carboxylic acids is 1. The van der Waals surface area contributed by atoms with Crippen LogP contribution in [-0.4, -0.2) is 47.7 Å². The van der Waals surface area contributed by atoms with Gasteiger partial charge in [-0.1, -0.05) is 29.3 Å². The Bertz CT molecular complexity index is 923. The smallest absolute Gasteiger partial charge is 0.252 e. The Hall–Kier alpha value is -2.08. The highest BCUT2D eigenvalue weighted by Crippen LogP contribution is 2.21. The molecule has 0 saturated heterocycles. The number of likely N-dealkylation sites (N-methyl/N-ethyl adjacent to an activating group) is 1. The van der Waals surface area contributed by atoms with Gasteiger partial charge in [-0.3, -0.25) is 9.89 Å². The van der Waals surface area contributed by atoms with E-state index in [0.717, 1.165) is 17.3 Å². The third-order valence-electron chi connectivity index (χ3n) is 4.37. The van der Waals surface area contributed by atoms with E-state index in [-0.39, 0.29) is 11.9 Å². The average Bonchev–Trinajstić information content (AvgIpc) is 3.05. The molecule has 3 rings (SSSR count). The molecule has 1 atom stereocenters. The first kappa shape index (κ1) is 18.7. The lowest BCUT2D eigenvalue weighted by molar-refractivity contribution is 0.0942. The van der Waals surface area contributed by atoms with Crippen LogP contribution in [0.1, 0.15) is 15.9 Å². The molecule has 0 aliphatic carbocycles. The molecule has 5 nitrogen and oxygen atoms in total. The van der Waals surface area contributed by atoms with Crippen LogP contribution in [0.5, 0.6) is 0 Å². The van der Waals surface area contributed by atoms with Crippen molar-refractivity contribution >= 4 is 40.0 Å². The number of nitrogens with one attached hydrogen (secondary N) is 2. The summed E-state index contributed by atoms with van der Waals surface area (Å²) >= 11 is 12.0. The molecule has 1 heterocycles. The maximum Gasteiger partial charge on any atom is 0.252 e. The summed E-state index contributed by atoms with van der Waals surface area (Å²) in [7, 11) is 4.00. The molecule has 0 aliphatic rings. The zero-order chi connectivity index (χ0) is 18.7. The number of carbonyl (C=O) groups is 1. The van der Waals surface area contributed by atoms with Crippen LogP contribution in [0.4, 0.5) is 0 Å². The SMILES string of the molecule is CN(C)[C@H](CNC(=O)c1ccc(Cl)cc1Cl)Cc1ccc2n[nH]cc2c1. The maximum absolute atomic E-state index is 12.4. The van der Waals surface area contributed by atoms with Crippen molar-refractivity contribution in [2.24, 2.45) is 0 Å². The second-order valence-electron chi connectivity index (χ2n) is 6.43. The normalized spacial score (nSPS) is 12.5. The number of aromatic amines is 1. The quantitative estimate of drug-likeness (QED) is 0.673. The van der Waals surface area contributed by atoms with E-state index >= 15 is 0 Å². The van der Waals surface area contributed by atoms with Crippen molar-refractivity contribution in [2.45, 2.75) is 12.5 Å². The van der Waals surface area contributed by atoms with Crippen LogP contribution in [0.2, 0.25) is 10.0 Å². The average molecular weight is 391 g/mol. The molecule has 0 aliphatic heterocycles. The fourth-order valence-electron chi connectivity index (χ4n) is 2.81. The number of halogens is 2. The van der Waals surface area contributed by atoms with Crippen molar-refractivity contribution in [3.63, 3.8) is 0 Å². The molecule has 7 heteroatoms. The number of hydrogen-bond acceptors (Lipinski definition) is 3. The summed E-state index contributed by atoms with van der Waals surface area (Å²) in [5.74, 6) is -0.205. The van der Waals surface area contributed by atoms with E-state index in [1.165, 1.54) is 5.56 Å². The second-order valence-corrected chi connectivity index (χ2v) is 7.28. The standard InChI is InChI=1S/C19H20Cl2N4O/c1-25(2)15(8-12-3-6-18-13(7-12)10-23-24-18)11-22-19(26)16-5-4-14(20)9-17(16)21/h3-7,9-10,15H,8,11H2,1-2H3,(H,22,26)(H,23,24)/t15-/m0/s1. The summed E-state index contributed by atoms with van der Waals surface area (Å²) in [6, 6.07) is 11.2. The van der Waals surface area contributed by atoms with E-state index in [1.54, 1.807) is 18.2 Å². The van der Waals surface area contributed by atoms with E-state index in [0.29, 0.717) is 22.2 Å². The second kappa shape index (κ2) is 8.08. The molecule has 136 valence electrons. The summed E-state index contributed by atoms with van der Waals surface area (Å²) < 4.78 is 0. The van der Waals surface area contributed by atoms with Gasteiger partial charge in [0.2, 0.25) is 0 Å². The minimum Gasteiger partial charge on any atom is -0.350 e. The Morgan fingerprint density at radius 2 is 2.04 bits per heavy atom. The van der Waals surface area contributed by atoms with Crippen LogP contribution in [0, 0.1) is 0 Å². The molecule has 2 N–H and O–H groups in total. The lowest BCUT2D eigenvalue weighted by Gasteiger charge is -2.25. The van der Waals surface area contributed by atoms with Gasteiger partial charge in [-0.25, -0.2) is 0 Å². The Balaban J connectivity index is 1.67. The molecule has 0 saturated carbocycles. The number of benzene rings is 2. The number of hydrogen-bond donors (Lipinski definition) is 2. The van der Waals surface area contributed by atoms with Gasteiger partial charge in [0.25, 0.3) is 5.91 Å². The lowest BCUT2D eigenvalue weighted by Crippen LogP contribution is -2.41. The monoisotopic (exact) mass is 390 g/mol. The van der Waals surface area contributed by atoms with Gasteiger partial charge in [-0.2, -0.15) is 5.10 Å². The fraction of sp³-hybridized carbons (Fsp3) is 0.263.